The number of aromatic nitrogens is 2. The number of carbonyl (C=O) groups is 3. The van der Waals surface area contributed by atoms with Gasteiger partial charge in [0.25, 0.3) is 5.91 Å². The van der Waals surface area contributed by atoms with Crippen molar-refractivity contribution in [1.29, 1.82) is 0 Å². The Hall–Kier alpha value is -3.16. The number of nitrogens with one attached hydrogen (secondary N) is 1. The molecule has 8 heteroatoms. The Morgan fingerprint density at radius 3 is 2.38 bits per heavy atom. The average Bonchev–Trinajstić information content (AvgIpc) is 3.04. The van der Waals surface area contributed by atoms with Crippen molar-refractivity contribution in [3.63, 3.8) is 0 Å². The predicted molar refractivity (Wildman–Crippen MR) is 95.1 cm³/mol. The Morgan fingerprint density at radius 2 is 1.88 bits per heavy atom. The molecule has 0 spiro atoms. The van der Waals surface area contributed by atoms with Crippen LogP contribution < -0.4 is 5.32 Å². The van der Waals surface area contributed by atoms with Crippen molar-refractivity contribution in [1.82, 2.24) is 20.0 Å². The third kappa shape index (κ3) is 4.69. The molecule has 0 radical (unpaired) electrons. The van der Waals surface area contributed by atoms with Crippen LogP contribution in [-0.2, 0) is 9.59 Å². The van der Waals surface area contributed by atoms with Gasteiger partial charge in [-0.05, 0) is 44.2 Å². The monoisotopic (exact) mass is 358 g/mol. The summed E-state index contributed by atoms with van der Waals surface area (Å²) in [6.45, 7) is 4.97. The highest BCUT2D eigenvalue weighted by Crippen LogP contribution is 2.13. The maximum Gasteiger partial charge on any atom is 0.326 e. The summed E-state index contributed by atoms with van der Waals surface area (Å²) < 4.78 is 1.69. The van der Waals surface area contributed by atoms with Gasteiger partial charge in [-0.1, -0.05) is 0 Å². The summed E-state index contributed by atoms with van der Waals surface area (Å²) in [4.78, 5) is 36.3. The van der Waals surface area contributed by atoms with E-state index in [1.54, 1.807) is 28.9 Å². The van der Waals surface area contributed by atoms with Crippen molar-refractivity contribution in [2.24, 2.45) is 0 Å². The van der Waals surface area contributed by atoms with E-state index in [0.29, 0.717) is 5.56 Å². The largest absolute Gasteiger partial charge is 0.480 e. The molecule has 1 aromatic carbocycles. The van der Waals surface area contributed by atoms with Gasteiger partial charge in [0.2, 0.25) is 5.91 Å². The van der Waals surface area contributed by atoms with Crippen molar-refractivity contribution in [2.45, 2.75) is 26.8 Å². The zero-order valence-corrected chi connectivity index (χ0v) is 15.0. The zero-order valence-electron chi connectivity index (χ0n) is 15.0. The van der Waals surface area contributed by atoms with Crippen LogP contribution in [0.3, 0.4) is 0 Å². The molecule has 1 atom stereocenters. The van der Waals surface area contributed by atoms with Gasteiger partial charge in [-0.15, -0.1) is 0 Å². The predicted octanol–water partition coefficient (Wildman–Crippen LogP) is 1.23. The number of carboxylic acids is 1. The number of carboxylic acid groups (broad SMARTS) is 1. The van der Waals surface area contributed by atoms with Gasteiger partial charge < -0.3 is 15.3 Å². The van der Waals surface area contributed by atoms with Crippen molar-refractivity contribution >= 4 is 17.8 Å². The maximum atomic E-state index is 12.7. The Balaban J connectivity index is 2.18. The summed E-state index contributed by atoms with van der Waals surface area (Å²) in [5.41, 5.74) is 2.05. The minimum Gasteiger partial charge on any atom is -0.480 e. The minimum absolute atomic E-state index is 0.103. The molecule has 138 valence electrons. The van der Waals surface area contributed by atoms with Crippen LogP contribution in [0.5, 0.6) is 0 Å². The lowest BCUT2D eigenvalue weighted by atomic mass is 10.1. The van der Waals surface area contributed by atoms with E-state index in [1.807, 2.05) is 19.2 Å². The summed E-state index contributed by atoms with van der Waals surface area (Å²) in [6, 6.07) is 7.62. The van der Waals surface area contributed by atoms with Crippen molar-refractivity contribution in [3.05, 3.63) is 47.8 Å². The number of hydrogen-bond donors (Lipinski definition) is 2. The van der Waals surface area contributed by atoms with E-state index >= 15 is 0 Å². The first-order valence-corrected chi connectivity index (χ1v) is 8.20. The second-order valence-electron chi connectivity index (χ2n) is 5.94. The van der Waals surface area contributed by atoms with Gasteiger partial charge in [-0.3, -0.25) is 9.59 Å². The molecule has 1 heterocycles. The number of benzene rings is 1. The lowest BCUT2D eigenvalue weighted by Gasteiger charge is -2.26. The molecule has 8 nitrogen and oxygen atoms in total. The molecule has 0 fully saturated rings. The van der Waals surface area contributed by atoms with Crippen LogP contribution in [0.4, 0.5) is 0 Å². The van der Waals surface area contributed by atoms with Crippen LogP contribution in [0.15, 0.2) is 36.5 Å². The third-order valence-corrected chi connectivity index (χ3v) is 3.91. The summed E-state index contributed by atoms with van der Waals surface area (Å²) in [6.07, 6.45) is 1.82. The van der Waals surface area contributed by atoms with E-state index in [4.69, 9.17) is 0 Å². The van der Waals surface area contributed by atoms with E-state index in [9.17, 15) is 19.5 Å². The number of carbonyl (C=O) groups excluding carboxylic acids is 2. The Morgan fingerprint density at radius 1 is 1.23 bits per heavy atom. The number of aliphatic carboxylic acids is 1. The fraction of sp³-hybridized carbons (Fsp3) is 0.333. The van der Waals surface area contributed by atoms with Gasteiger partial charge >= 0.3 is 5.97 Å². The molecule has 2 aromatic rings. The summed E-state index contributed by atoms with van der Waals surface area (Å²) in [5, 5.41) is 16.1. The highest BCUT2D eigenvalue weighted by atomic mass is 16.4. The highest BCUT2D eigenvalue weighted by Gasteiger charge is 2.26. The summed E-state index contributed by atoms with van der Waals surface area (Å²) in [7, 11) is 0. The first-order valence-electron chi connectivity index (χ1n) is 8.20. The van der Waals surface area contributed by atoms with E-state index in [1.165, 1.54) is 18.7 Å². The second kappa shape index (κ2) is 8.28. The summed E-state index contributed by atoms with van der Waals surface area (Å²) in [5.74, 6) is -1.75. The number of hydrogen-bond acceptors (Lipinski definition) is 4. The van der Waals surface area contributed by atoms with E-state index in [2.05, 4.69) is 10.4 Å². The first kappa shape index (κ1) is 19.2. The molecule has 0 saturated carbocycles. The SMILES string of the molecule is CC(=O)NCCN(C(=O)c1ccc(-n2ccc(C)n2)cc1)C(C)C(=O)O. The molecule has 26 heavy (non-hydrogen) atoms. The number of amides is 2. The lowest BCUT2D eigenvalue weighted by molar-refractivity contribution is -0.141. The van der Waals surface area contributed by atoms with Crippen molar-refractivity contribution < 1.29 is 19.5 Å². The molecule has 0 saturated heterocycles. The molecule has 2 N–H and O–H groups in total. The zero-order chi connectivity index (χ0) is 19.3. The fourth-order valence-electron chi connectivity index (χ4n) is 2.44. The average molecular weight is 358 g/mol. The van der Waals surface area contributed by atoms with Gasteiger partial charge in [0.05, 0.1) is 11.4 Å². The van der Waals surface area contributed by atoms with Gasteiger partial charge in [-0.25, -0.2) is 9.48 Å². The third-order valence-electron chi connectivity index (χ3n) is 3.91. The number of aryl methyl sites for hydroxylation is 1. The fourth-order valence-corrected chi connectivity index (χ4v) is 2.44. The van der Waals surface area contributed by atoms with Crippen LogP contribution in [0, 0.1) is 6.92 Å². The molecule has 0 bridgehead atoms. The molecule has 2 amide bonds. The molecule has 0 aliphatic rings. The van der Waals surface area contributed by atoms with Gasteiger partial charge in [0.1, 0.15) is 6.04 Å². The molecular formula is C18H22N4O4. The number of rotatable bonds is 7. The molecular weight excluding hydrogens is 336 g/mol. The Labute approximate surface area is 151 Å². The van der Waals surface area contributed by atoms with Crippen LogP contribution in [-0.4, -0.2) is 56.7 Å². The standard InChI is InChI=1S/C18H22N4O4/c1-12-8-10-22(20-12)16-6-4-15(5-7-16)17(24)21(13(2)18(25)26)11-9-19-14(3)23/h4-8,10,13H,9,11H2,1-3H3,(H,19,23)(H,25,26). The van der Waals surface area contributed by atoms with Gasteiger partial charge in [0, 0.05) is 31.8 Å². The van der Waals surface area contributed by atoms with Crippen molar-refractivity contribution in [3.8, 4) is 5.69 Å². The maximum absolute atomic E-state index is 12.7. The topological polar surface area (TPSA) is 105 Å². The first-order chi connectivity index (χ1) is 12.3. The minimum atomic E-state index is -1.11. The number of nitrogens with zero attached hydrogens (tertiary/aromatic N) is 3. The van der Waals surface area contributed by atoms with Gasteiger partial charge in [-0.2, -0.15) is 5.10 Å². The van der Waals surface area contributed by atoms with Gasteiger partial charge in [0.15, 0.2) is 0 Å². The molecule has 1 aromatic heterocycles. The Kier molecular flexibility index (Phi) is 6.11. The van der Waals surface area contributed by atoms with E-state index in [0.717, 1.165) is 11.4 Å². The molecule has 2 rings (SSSR count). The lowest BCUT2D eigenvalue weighted by Crippen LogP contribution is -2.46. The Bertz CT molecular complexity index is 798. The van der Waals surface area contributed by atoms with Crippen molar-refractivity contribution in [2.75, 3.05) is 13.1 Å². The molecule has 0 aliphatic heterocycles. The summed E-state index contributed by atoms with van der Waals surface area (Å²) >= 11 is 0. The van der Waals surface area contributed by atoms with Crippen LogP contribution in [0.2, 0.25) is 0 Å². The van der Waals surface area contributed by atoms with Crippen LogP contribution in [0.25, 0.3) is 5.69 Å². The molecule has 1 unspecified atom stereocenters. The van der Waals surface area contributed by atoms with Crippen LogP contribution >= 0.6 is 0 Å². The van der Waals surface area contributed by atoms with E-state index < -0.39 is 17.9 Å². The van der Waals surface area contributed by atoms with Crippen LogP contribution in [0.1, 0.15) is 29.9 Å². The normalized spacial score (nSPS) is 11.7. The smallest absolute Gasteiger partial charge is 0.326 e. The molecule has 0 aliphatic carbocycles. The van der Waals surface area contributed by atoms with E-state index in [-0.39, 0.29) is 19.0 Å². The quantitative estimate of drug-likeness (QED) is 0.775. The second-order valence-corrected chi connectivity index (χ2v) is 5.94. The highest BCUT2D eigenvalue weighted by molar-refractivity contribution is 5.96.